The van der Waals surface area contributed by atoms with Gasteiger partial charge < -0.3 is 24.9 Å². The van der Waals surface area contributed by atoms with E-state index in [-0.39, 0.29) is 5.82 Å². The minimum Gasteiger partial charge on any atom is -0.542 e. The summed E-state index contributed by atoms with van der Waals surface area (Å²) in [6.45, 7) is 2.46. The minimum absolute atomic E-state index is 0.144. The summed E-state index contributed by atoms with van der Waals surface area (Å²) in [7, 11) is 0. The zero-order valence-electron chi connectivity index (χ0n) is 19.4. The molecule has 192 valence electrons. The van der Waals surface area contributed by atoms with Crippen molar-refractivity contribution in [2.24, 2.45) is 0 Å². The Labute approximate surface area is 204 Å². The number of halogens is 4. The molecule has 1 saturated carbocycles. The van der Waals surface area contributed by atoms with Crippen LogP contribution in [-0.4, -0.2) is 34.3 Å². The van der Waals surface area contributed by atoms with E-state index in [2.05, 4.69) is 16.0 Å². The number of carboxylic acid groups (broad SMARTS) is 2. The summed E-state index contributed by atoms with van der Waals surface area (Å²) >= 11 is 0. The molecule has 0 amide bonds. The fraction of sp³-hybridized carbons (Fsp3) is 0.385. The molecule has 0 radical (unpaired) electrons. The maximum Gasteiger partial charge on any atom is 0.430 e. The third kappa shape index (κ3) is 5.38. The van der Waals surface area contributed by atoms with E-state index in [0.717, 1.165) is 60.2 Å². The second-order valence-corrected chi connectivity index (χ2v) is 9.19. The lowest BCUT2D eigenvalue weighted by Crippen LogP contribution is -2.83. The van der Waals surface area contributed by atoms with Gasteiger partial charge in [-0.2, -0.15) is 13.2 Å². The van der Waals surface area contributed by atoms with Crippen molar-refractivity contribution in [2.75, 3.05) is 6.54 Å². The predicted molar refractivity (Wildman–Crippen MR) is 122 cm³/mol. The highest BCUT2D eigenvalue weighted by Crippen LogP contribution is 2.42. The van der Waals surface area contributed by atoms with Gasteiger partial charge in [0, 0.05) is 22.0 Å². The average molecular weight is 506 g/mol. The number of nitrogens with two attached hydrogens (primary N) is 1. The summed E-state index contributed by atoms with van der Waals surface area (Å²) in [4.78, 5) is 20.3. The molecule has 0 bridgehead atoms. The molecule has 10 heteroatoms. The number of benzene rings is 2. The fourth-order valence-corrected chi connectivity index (χ4v) is 5.21. The maximum absolute atomic E-state index is 14.6. The smallest absolute Gasteiger partial charge is 0.430 e. The van der Waals surface area contributed by atoms with Crippen LogP contribution in [0.4, 0.5) is 17.6 Å². The van der Waals surface area contributed by atoms with Gasteiger partial charge in [-0.3, -0.25) is 0 Å². The summed E-state index contributed by atoms with van der Waals surface area (Å²) in [5.41, 5.74) is 5.70. The number of nitrogens with zero attached hydrogens (tertiary/aromatic N) is 1. The van der Waals surface area contributed by atoms with Crippen LogP contribution >= 0.6 is 0 Å². The number of aromatic carboxylic acids is 1. The first-order chi connectivity index (χ1) is 17.1. The van der Waals surface area contributed by atoms with Gasteiger partial charge in [-0.1, -0.05) is 25.3 Å². The Bertz CT molecular complexity index is 1290. The number of carbonyl (C=O) groups excluding carboxylic acids is 1. The Morgan fingerprint density at radius 1 is 1.06 bits per heavy atom. The van der Waals surface area contributed by atoms with Crippen molar-refractivity contribution in [3.63, 3.8) is 0 Å². The molecule has 3 N–H and O–H groups in total. The number of carboxylic acids is 2. The molecule has 2 heterocycles. The van der Waals surface area contributed by atoms with Crippen molar-refractivity contribution in [2.45, 2.75) is 57.3 Å². The minimum atomic E-state index is -5.19. The average Bonchev–Trinajstić information content (AvgIpc) is 3.17. The Balaban J connectivity index is 0.000000384. The van der Waals surface area contributed by atoms with Crippen molar-refractivity contribution in [1.29, 1.82) is 0 Å². The first kappa shape index (κ1) is 25.7. The van der Waals surface area contributed by atoms with Crippen LogP contribution < -0.4 is 10.4 Å². The number of fused-ring (bicyclic) bond motifs is 5. The van der Waals surface area contributed by atoms with Crippen LogP contribution in [0, 0.1) is 5.82 Å². The van der Waals surface area contributed by atoms with Gasteiger partial charge in [0.15, 0.2) is 0 Å². The predicted octanol–water partition coefficient (Wildman–Crippen LogP) is 3.57. The standard InChI is InChI=1S/C24H25FN2O2.C2HF3O2/c25-19-10-18-14-26-8-9-27-21-12-17(24(28)29)7-6-16(21)11-22(27)23(18)20(13-19)15-4-2-1-3-5-15;3-2(4,5)1(6)7/h6-7,10-13,15,26H,1-5,8-9,14H2,(H,28,29);(H,6,7). The molecule has 1 aliphatic heterocycles. The van der Waals surface area contributed by atoms with E-state index in [4.69, 9.17) is 9.90 Å². The monoisotopic (exact) mass is 506 g/mol. The van der Waals surface area contributed by atoms with Gasteiger partial charge >= 0.3 is 12.1 Å². The number of hydrogen-bond donors (Lipinski definition) is 2. The van der Waals surface area contributed by atoms with E-state index in [0.29, 0.717) is 11.5 Å². The van der Waals surface area contributed by atoms with Crippen LogP contribution in [0.2, 0.25) is 0 Å². The summed E-state index contributed by atoms with van der Waals surface area (Å²) in [5.74, 6) is -3.67. The number of aliphatic carboxylic acids is 1. The highest BCUT2D eigenvalue weighted by molar-refractivity contribution is 5.96. The largest absolute Gasteiger partial charge is 0.542 e. The lowest BCUT2D eigenvalue weighted by molar-refractivity contribution is -0.671. The zero-order valence-corrected chi connectivity index (χ0v) is 19.4. The highest BCUT2D eigenvalue weighted by Gasteiger charge is 2.29. The second-order valence-electron chi connectivity index (χ2n) is 9.19. The van der Waals surface area contributed by atoms with E-state index >= 15 is 0 Å². The quantitative estimate of drug-likeness (QED) is 0.519. The molecular weight excluding hydrogens is 480 g/mol. The summed E-state index contributed by atoms with van der Waals surface area (Å²) < 4.78 is 48.4. The van der Waals surface area contributed by atoms with Gasteiger partial charge in [0.25, 0.3) is 0 Å². The van der Waals surface area contributed by atoms with E-state index in [1.165, 1.54) is 24.8 Å². The summed E-state index contributed by atoms with van der Waals surface area (Å²) in [5, 5.41) is 21.5. The van der Waals surface area contributed by atoms with Crippen molar-refractivity contribution >= 4 is 22.8 Å². The van der Waals surface area contributed by atoms with Crippen LogP contribution in [0.1, 0.15) is 59.5 Å². The molecule has 5 rings (SSSR count). The molecule has 0 atom stereocenters. The van der Waals surface area contributed by atoms with Crippen LogP contribution in [0.15, 0.2) is 36.4 Å². The van der Waals surface area contributed by atoms with E-state index < -0.39 is 18.1 Å². The molecule has 1 fully saturated rings. The molecule has 2 aromatic carbocycles. The Kier molecular flexibility index (Phi) is 7.35. The van der Waals surface area contributed by atoms with Gasteiger partial charge in [0.05, 0.1) is 24.3 Å². The molecule has 2 aliphatic rings. The number of hydrogen-bond acceptors (Lipinski definition) is 3. The Hall–Kier alpha value is -3.40. The number of rotatable bonds is 2. The molecule has 6 nitrogen and oxygen atoms in total. The first-order valence-corrected chi connectivity index (χ1v) is 11.9. The number of carbonyl (C=O) groups is 2. The molecule has 1 aliphatic carbocycles. The fourth-order valence-electron chi connectivity index (χ4n) is 5.21. The number of aromatic nitrogens is 1. The summed E-state index contributed by atoms with van der Waals surface area (Å²) in [6, 6.07) is 10.9. The second kappa shape index (κ2) is 10.3. The third-order valence-electron chi connectivity index (χ3n) is 6.82. The molecule has 0 saturated heterocycles. The van der Waals surface area contributed by atoms with Gasteiger partial charge in [-0.15, -0.1) is 0 Å². The maximum atomic E-state index is 14.6. The highest BCUT2D eigenvalue weighted by atomic mass is 19.4. The van der Waals surface area contributed by atoms with Gasteiger partial charge in [-0.05, 0) is 54.7 Å². The van der Waals surface area contributed by atoms with Gasteiger partial charge in [0.2, 0.25) is 0 Å². The van der Waals surface area contributed by atoms with E-state index in [9.17, 15) is 27.5 Å². The zero-order chi connectivity index (χ0) is 26.0. The Morgan fingerprint density at radius 3 is 2.39 bits per heavy atom. The third-order valence-corrected chi connectivity index (χ3v) is 6.82. The van der Waals surface area contributed by atoms with Crippen LogP contribution in [0.25, 0.3) is 22.2 Å². The van der Waals surface area contributed by atoms with Gasteiger partial charge in [0.1, 0.15) is 18.3 Å². The molecule has 1 aromatic heterocycles. The van der Waals surface area contributed by atoms with Crippen molar-refractivity contribution in [1.82, 2.24) is 4.57 Å². The van der Waals surface area contributed by atoms with Crippen LogP contribution in [-0.2, 0) is 17.9 Å². The molecule has 0 spiro atoms. The molecular formula is C26H26F4N2O4. The van der Waals surface area contributed by atoms with Crippen molar-refractivity contribution < 1.29 is 42.7 Å². The first-order valence-electron chi connectivity index (χ1n) is 11.9. The topological polar surface area (TPSA) is 99.0 Å². The normalized spacial score (nSPS) is 16.2. The number of alkyl halides is 3. The van der Waals surface area contributed by atoms with Crippen LogP contribution in [0.3, 0.4) is 0 Å². The SMILES string of the molecule is O=C(O)c1ccc2cc3n(c2c1)CC[NH2+]Cc1cc(F)cc(C2CCCCC2)c1-3.O=C([O-])C(F)(F)F. The van der Waals surface area contributed by atoms with Crippen molar-refractivity contribution in [3.8, 4) is 11.3 Å². The molecule has 3 aromatic rings. The molecule has 36 heavy (non-hydrogen) atoms. The van der Waals surface area contributed by atoms with Gasteiger partial charge in [-0.25, -0.2) is 9.18 Å². The summed E-state index contributed by atoms with van der Waals surface area (Å²) in [6.07, 6.45) is 0.700. The number of quaternary nitrogens is 1. The molecule has 0 unspecified atom stereocenters. The van der Waals surface area contributed by atoms with E-state index in [1.807, 2.05) is 6.07 Å². The van der Waals surface area contributed by atoms with Crippen molar-refractivity contribution in [3.05, 3.63) is 58.9 Å². The van der Waals surface area contributed by atoms with E-state index in [1.54, 1.807) is 24.3 Å². The lowest BCUT2D eigenvalue weighted by Gasteiger charge is -2.27. The lowest BCUT2D eigenvalue weighted by atomic mass is 9.80. The Morgan fingerprint density at radius 2 is 1.75 bits per heavy atom. The van der Waals surface area contributed by atoms with Crippen LogP contribution in [0.5, 0.6) is 0 Å².